The fraction of sp³-hybridized carbons (Fsp3) is 0.300. The van der Waals surface area contributed by atoms with Crippen LogP contribution in [0.5, 0.6) is 0 Å². The van der Waals surface area contributed by atoms with E-state index < -0.39 is 0 Å². The lowest BCUT2D eigenvalue weighted by Gasteiger charge is -2.12. The number of hydrogen-bond acceptors (Lipinski definition) is 2. The average Bonchev–Trinajstić information content (AvgIpc) is 2.09. The molecule has 0 radical (unpaired) electrons. The predicted octanol–water partition coefficient (Wildman–Crippen LogP) is 2.26. The Morgan fingerprint density at radius 3 is 2.77 bits per heavy atom. The van der Waals surface area contributed by atoms with Gasteiger partial charge in [0.2, 0.25) is 0 Å². The zero-order chi connectivity index (χ0) is 9.68. The van der Waals surface area contributed by atoms with Crippen LogP contribution in [0.25, 0.3) is 0 Å². The van der Waals surface area contributed by atoms with E-state index in [0.717, 1.165) is 0 Å². The number of nitrogens with zero attached hydrogens (tertiary/aromatic N) is 2. The summed E-state index contributed by atoms with van der Waals surface area (Å²) < 4.78 is 13.1. The van der Waals surface area contributed by atoms with Gasteiger partial charge in [0.15, 0.2) is 0 Å². The quantitative estimate of drug-likeness (QED) is 0.514. The van der Waals surface area contributed by atoms with Crippen LogP contribution in [0.2, 0.25) is 0 Å². The zero-order valence-corrected chi connectivity index (χ0v) is 7.87. The molecule has 70 valence electrons. The summed E-state index contributed by atoms with van der Waals surface area (Å²) in [4.78, 5) is 0. The van der Waals surface area contributed by atoms with E-state index in [1.54, 1.807) is 23.4 Å². The molecular formula is C10H13FN2. The average molecular weight is 180 g/mol. The molecule has 0 aliphatic carbocycles. The van der Waals surface area contributed by atoms with Crippen molar-refractivity contribution in [2.75, 3.05) is 7.05 Å². The second-order valence-electron chi connectivity index (χ2n) is 2.78. The molecular weight excluding hydrogens is 167 g/mol. The lowest BCUT2D eigenvalue weighted by atomic mass is 10.2. The second-order valence-corrected chi connectivity index (χ2v) is 2.78. The van der Waals surface area contributed by atoms with E-state index >= 15 is 0 Å². The Labute approximate surface area is 77.7 Å². The summed E-state index contributed by atoms with van der Waals surface area (Å²) in [5, 5.41) is 5.70. The molecule has 1 aromatic carbocycles. The van der Waals surface area contributed by atoms with Crippen molar-refractivity contribution in [1.82, 2.24) is 5.01 Å². The molecule has 3 heteroatoms. The van der Waals surface area contributed by atoms with E-state index in [-0.39, 0.29) is 5.82 Å². The molecule has 0 aliphatic rings. The van der Waals surface area contributed by atoms with Crippen molar-refractivity contribution >= 4 is 6.21 Å². The fourth-order valence-electron chi connectivity index (χ4n) is 1.11. The molecule has 0 saturated carbocycles. The van der Waals surface area contributed by atoms with Crippen LogP contribution in [-0.2, 0) is 6.54 Å². The van der Waals surface area contributed by atoms with Gasteiger partial charge in [-0.2, -0.15) is 5.10 Å². The Hall–Kier alpha value is -1.38. The van der Waals surface area contributed by atoms with Crippen molar-refractivity contribution in [2.45, 2.75) is 13.5 Å². The first-order valence-corrected chi connectivity index (χ1v) is 4.17. The number of halogens is 1. The van der Waals surface area contributed by atoms with Crippen molar-refractivity contribution in [3.8, 4) is 0 Å². The molecule has 0 N–H and O–H groups in total. The van der Waals surface area contributed by atoms with Gasteiger partial charge in [-0.15, -0.1) is 0 Å². The first kappa shape index (κ1) is 9.71. The fourth-order valence-corrected chi connectivity index (χ4v) is 1.11. The molecule has 1 aromatic rings. The van der Waals surface area contributed by atoms with Crippen LogP contribution in [0.1, 0.15) is 12.5 Å². The largest absolute Gasteiger partial charge is 0.296 e. The minimum atomic E-state index is -0.180. The molecule has 0 heterocycles. The maximum Gasteiger partial charge on any atom is 0.128 e. The van der Waals surface area contributed by atoms with Gasteiger partial charge in [-0.05, 0) is 13.0 Å². The third-order valence-corrected chi connectivity index (χ3v) is 1.67. The zero-order valence-electron chi connectivity index (χ0n) is 7.87. The van der Waals surface area contributed by atoms with Gasteiger partial charge < -0.3 is 0 Å². The Morgan fingerprint density at radius 2 is 2.15 bits per heavy atom. The third-order valence-electron chi connectivity index (χ3n) is 1.67. The number of hydrogen-bond donors (Lipinski definition) is 0. The van der Waals surface area contributed by atoms with E-state index in [1.165, 1.54) is 6.07 Å². The van der Waals surface area contributed by atoms with Crippen molar-refractivity contribution in [3.63, 3.8) is 0 Å². The lowest BCUT2D eigenvalue weighted by molar-refractivity contribution is 0.342. The monoisotopic (exact) mass is 180 g/mol. The van der Waals surface area contributed by atoms with Gasteiger partial charge in [0.1, 0.15) is 5.82 Å². The van der Waals surface area contributed by atoms with Crippen LogP contribution in [-0.4, -0.2) is 18.3 Å². The van der Waals surface area contributed by atoms with E-state index in [2.05, 4.69) is 5.10 Å². The molecule has 0 aliphatic heterocycles. The van der Waals surface area contributed by atoms with Gasteiger partial charge in [-0.25, -0.2) is 4.39 Å². The van der Waals surface area contributed by atoms with Crippen LogP contribution in [0, 0.1) is 5.82 Å². The standard InChI is InChI=1S/C10H13FN2/c1-3-12-13(2)8-9-6-4-5-7-10(9)11/h3-7H,8H2,1-2H3/b12-3-. The molecule has 0 spiro atoms. The van der Waals surface area contributed by atoms with E-state index in [1.807, 2.05) is 20.0 Å². The number of hydrazone groups is 1. The normalized spacial score (nSPS) is 10.7. The molecule has 0 amide bonds. The number of rotatable bonds is 3. The maximum atomic E-state index is 13.1. The molecule has 2 nitrogen and oxygen atoms in total. The van der Waals surface area contributed by atoms with Crippen molar-refractivity contribution in [2.24, 2.45) is 5.10 Å². The smallest absolute Gasteiger partial charge is 0.128 e. The molecule has 1 rings (SSSR count). The molecule has 0 saturated heterocycles. The Morgan fingerprint density at radius 1 is 1.46 bits per heavy atom. The van der Waals surface area contributed by atoms with Gasteiger partial charge in [-0.1, -0.05) is 18.2 Å². The predicted molar refractivity (Wildman–Crippen MR) is 52.0 cm³/mol. The van der Waals surface area contributed by atoms with Gasteiger partial charge in [-0.3, -0.25) is 5.01 Å². The van der Waals surface area contributed by atoms with Crippen LogP contribution in [0.15, 0.2) is 29.4 Å². The van der Waals surface area contributed by atoms with Crippen molar-refractivity contribution < 1.29 is 4.39 Å². The summed E-state index contributed by atoms with van der Waals surface area (Å²) in [6.45, 7) is 2.33. The van der Waals surface area contributed by atoms with Gasteiger partial charge >= 0.3 is 0 Å². The first-order chi connectivity index (χ1) is 6.24. The highest BCUT2D eigenvalue weighted by Gasteiger charge is 2.01. The summed E-state index contributed by atoms with van der Waals surface area (Å²) in [7, 11) is 1.81. The van der Waals surface area contributed by atoms with Crippen molar-refractivity contribution in [3.05, 3.63) is 35.6 Å². The van der Waals surface area contributed by atoms with E-state index in [0.29, 0.717) is 12.1 Å². The molecule has 0 fully saturated rings. The Bertz CT molecular complexity index is 297. The number of benzene rings is 1. The Balaban J connectivity index is 2.68. The SMILES string of the molecule is C/C=N\N(C)Cc1ccccc1F. The van der Waals surface area contributed by atoms with Gasteiger partial charge in [0, 0.05) is 18.8 Å². The molecule has 0 bridgehead atoms. The summed E-state index contributed by atoms with van der Waals surface area (Å²) in [6, 6.07) is 6.72. The molecule has 0 atom stereocenters. The van der Waals surface area contributed by atoms with Crippen LogP contribution in [0.4, 0.5) is 4.39 Å². The van der Waals surface area contributed by atoms with Gasteiger partial charge in [0.05, 0.1) is 6.54 Å². The summed E-state index contributed by atoms with van der Waals surface area (Å²) in [5.74, 6) is -0.180. The topological polar surface area (TPSA) is 15.6 Å². The highest BCUT2D eigenvalue weighted by atomic mass is 19.1. The van der Waals surface area contributed by atoms with Crippen LogP contribution < -0.4 is 0 Å². The summed E-state index contributed by atoms with van der Waals surface area (Å²) in [5.41, 5.74) is 0.663. The highest BCUT2D eigenvalue weighted by Crippen LogP contribution is 2.08. The Kier molecular flexibility index (Phi) is 3.43. The summed E-state index contributed by atoms with van der Waals surface area (Å²) in [6.07, 6.45) is 1.68. The van der Waals surface area contributed by atoms with E-state index in [9.17, 15) is 4.39 Å². The van der Waals surface area contributed by atoms with Crippen LogP contribution in [0.3, 0.4) is 0 Å². The molecule has 0 unspecified atom stereocenters. The van der Waals surface area contributed by atoms with Crippen molar-refractivity contribution in [1.29, 1.82) is 0 Å². The lowest BCUT2D eigenvalue weighted by Crippen LogP contribution is -2.11. The minimum Gasteiger partial charge on any atom is -0.296 e. The second kappa shape index (κ2) is 4.60. The molecule has 0 aromatic heterocycles. The minimum absolute atomic E-state index is 0.180. The third kappa shape index (κ3) is 2.86. The molecule has 13 heavy (non-hydrogen) atoms. The summed E-state index contributed by atoms with van der Waals surface area (Å²) >= 11 is 0. The van der Waals surface area contributed by atoms with Crippen LogP contribution >= 0.6 is 0 Å². The highest BCUT2D eigenvalue weighted by molar-refractivity contribution is 5.52. The van der Waals surface area contributed by atoms with Gasteiger partial charge in [0.25, 0.3) is 0 Å². The first-order valence-electron chi connectivity index (χ1n) is 4.17. The van der Waals surface area contributed by atoms with E-state index in [4.69, 9.17) is 0 Å². The maximum absolute atomic E-state index is 13.1.